The monoisotopic (exact) mass is 348 g/mol. The molecule has 0 aliphatic rings. The molecule has 1 N–H and O–H groups in total. The Morgan fingerprint density at radius 2 is 2.14 bits per heavy atom. The number of halogens is 1. The van der Waals surface area contributed by atoms with E-state index in [1.165, 1.54) is 11.8 Å². The van der Waals surface area contributed by atoms with Crippen LogP contribution in [-0.4, -0.2) is 16.6 Å². The number of hydrogen-bond acceptors (Lipinski definition) is 4. The van der Waals surface area contributed by atoms with Crippen molar-refractivity contribution in [2.24, 2.45) is 0 Å². The molecule has 2 aromatic carbocycles. The van der Waals surface area contributed by atoms with E-state index in [4.69, 9.17) is 11.6 Å². The third-order valence-corrected chi connectivity index (χ3v) is 5.65. The molecule has 0 saturated heterocycles. The Bertz CT molecular complexity index is 799. The van der Waals surface area contributed by atoms with Crippen LogP contribution < -0.4 is 5.32 Å². The molecule has 1 aromatic heterocycles. The van der Waals surface area contributed by atoms with Crippen LogP contribution >= 0.6 is 34.7 Å². The summed E-state index contributed by atoms with van der Waals surface area (Å²) in [7, 11) is 0. The summed E-state index contributed by atoms with van der Waals surface area (Å²) in [6.45, 7) is 1.91. The molecule has 0 unspecified atom stereocenters. The van der Waals surface area contributed by atoms with E-state index in [1.807, 2.05) is 37.3 Å². The van der Waals surface area contributed by atoms with Crippen molar-refractivity contribution in [3.8, 4) is 0 Å². The van der Waals surface area contributed by atoms with Gasteiger partial charge < -0.3 is 5.32 Å². The van der Waals surface area contributed by atoms with Crippen molar-refractivity contribution in [3.63, 3.8) is 0 Å². The molecule has 3 nitrogen and oxygen atoms in total. The first-order chi connectivity index (χ1) is 10.6. The number of thioether (sulfide) groups is 1. The maximum atomic E-state index is 12.0. The number of fused-ring (bicyclic) bond motifs is 1. The lowest BCUT2D eigenvalue weighted by atomic mass is 10.2. The molecule has 0 radical (unpaired) electrons. The number of nitrogens with one attached hydrogen (secondary N) is 1. The number of aryl methyl sites for hydroxylation is 1. The standard InChI is InChI=1S/C16H13ClN2OS2/c1-10-8-11(6-7-12(10)17)18-15(20)9-21-16-19-13-4-2-3-5-14(13)22-16/h2-8H,9H2,1H3,(H,18,20). The molecule has 0 atom stereocenters. The third-order valence-electron chi connectivity index (χ3n) is 3.04. The van der Waals surface area contributed by atoms with E-state index in [-0.39, 0.29) is 5.91 Å². The summed E-state index contributed by atoms with van der Waals surface area (Å²) < 4.78 is 2.04. The van der Waals surface area contributed by atoms with E-state index in [9.17, 15) is 4.79 Å². The minimum Gasteiger partial charge on any atom is -0.325 e. The van der Waals surface area contributed by atoms with Gasteiger partial charge in [0, 0.05) is 10.7 Å². The van der Waals surface area contributed by atoms with Gasteiger partial charge in [0.15, 0.2) is 4.34 Å². The molecule has 0 bridgehead atoms. The molecule has 1 heterocycles. The van der Waals surface area contributed by atoms with Crippen molar-refractivity contribution >= 4 is 56.5 Å². The number of benzene rings is 2. The van der Waals surface area contributed by atoms with Crippen molar-refractivity contribution in [2.75, 3.05) is 11.1 Å². The maximum Gasteiger partial charge on any atom is 0.234 e. The predicted molar refractivity (Wildman–Crippen MR) is 95.2 cm³/mol. The highest BCUT2D eigenvalue weighted by Crippen LogP contribution is 2.29. The van der Waals surface area contributed by atoms with Crippen LogP contribution in [0.2, 0.25) is 5.02 Å². The first-order valence-electron chi connectivity index (χ1n) is 6.66. The van der Waals surface area contributed by atoms with Gasteiger partial charge in [-0.2, -0.15) is 0 Å². The predicted octanol–water partition coefficient (Wildman–Crippen LogP) is 4.99. The fourth-order valence-corrected chi connectivity index (χ4v) is 3.95. The van der Waals surface area contributed by atoms with Crippen LogP contribution in [0.3, 0.4) is 0 Å². The van der Waals surface area contributed by atoms with Crippen LogP contribution in [0.15, 0.2) is 46.8 Å². The Morgan fingerprint density at radius 3 is 2.91 bits per heavy atom. The SMILES string of the molecule is Cc1cc(NC(=O)CSc2nc3ccccc3s2)ccc1Cl. The molecule has 112 valence electrons. The zero-order chi connectivity index (χ0) is 15.5. The normalized spacial score (nSPS) is 10.8. The summed E-state index contributed by atoms with van der Waals surface area (Å²) in [4.78, 5) is 16.5. The van der Waals surface area contributed by atoms with Gasteiger partial charge in [-0.05, 0) is 42.8 Å². The summed E-state index contributed by atoms with van der Waals surface area (Å²) in [5.41, 5.74) is 2.68. The van der Waals surface area contributed by atoms with Crippen molar-refractivity contribution in [1.29, 1.82) is 0 Å². The number of nitrogens with zero attached hydrogens (tertiary/aromatic N) is 1. The highest BCUT2D eigenvalue weighted by Gasteiger charge is 2.08. The topological polar surface area (TPSA) is 42.0 Å². The van der Waals surface area contributed by atoms with E-state index in [0.717, 1.165) is 25.8 Å². The van der Waals surface area contributed by atoms with Crippen LogP contribution in [0, 0.1) is 6.92 Å². The lowest BCUT2D eigenvalue weighted by Gasteiger charge is -2.06. The molecule has 0 aliphatic heterocycles. The fourth-order valence-electron chi connectivity index (χ4n) is 1.96. The lowest BCUT2D eigenvalue weighted by molar-refractivity contribution is -0.113. The highest BCUT2D eigenvalue weighted by atomic mass is 35.5. The summed E-state index contributed by atoms with van der Waals surface area (Å²) in [5, 5.41) is 3.57. The smallest absolute Gasteiger partial charge is 0.234 e. The van der Waals surface area contributed by atoms with Gasteiger partial charge in [0.25, 0.3) is 0 Å². The van der Waals surface area contributed by atoms with Gasteiger partial charge in [0.05, 0.1) is 16.0 Å². The fraction of sp³-hybridized carbons (Fsp3) is 0.125. The Labute approximate surface area is 141 Å². The van der Waals surface area contributed by atoms with Crippen molar-refractivity contribution in [2.45, 2.75) is 11.3 Å². The third kappa shape index (κ3) is 3.61. The van der Waals surface area contributed by atoms with Gasteiger partial charge in [-0.1, -0.05) is 35.5 Å². The molecule has 1 amide bonds. The minimum atomic E-state index is -0.0500. The zero-order valence-electron chi connectivity index (χ0n) is 11.8. The summed E-state index contributed by atoms with van der Waals surface area (Å²) >= 11 is 9.03. The van der Waals surface area contributed by atoms with Crippen molar-refractivity contribution < 1.29 is 4.79 Å². The van der Waals surface area contributed by atoms with Gasteiger partial charge in [-0.15, -0.1) is 11.3 Å². The van der Waals surface area contributed by atoms with Gasteiger partial charge in [0.2, 0.25) is 5.91 Å². The summed E-state index contributed by atoms with van der Waals surface area (Å²) in [6, 6.07) is 13.4. The zero-order valence-corrected chi connectivity index (χ0v) is 14.2. The Hall–Kier alpha value is -1.56. The first kappa shape index (κ1) is 15.3. The molecule has 0 spiro atoms. The molecule has 0 saturated carbocycles. The second-order valence-electron chi connectivity index (χ2n) is 4.75. The molecule has 0 aliphatic carbocycles. The van der Waals surface area contributed by atoms with Gasteiger partial charge >= 0.3 is 0 Å². The van der Waals surface area contributed by atoms with Crippen LogP contribution in [0.5, 0.6) is 0 Å². The largest absolute Gasteiger partial charge is 0.325 e. The van der Waals surface area contributed by atoms with Gasteiger partial charge in [-0.25, -0.2) is 4.98 Å². The Balaban J connectivity index is 1.60. The average molecular weight is 349 g/mol. The number of carbonyl (C=O) groups excluding carboxylic acids is 1. The van der Waals surface area contributed by atoms with Crippen LogP contribution in [0.25, 0.3) is 10.2 Å². The van der Waals surface area contributed by atoms with Crippen LogP contribution in [0.1, 0.15) is 5.56 Å². The van der Waals surface area contributed by atoms with Crippen molar-refractivity contribution in [1.82, 2.24) is 4.98 Å². The number of rotatable bonds is 4. The first-order valence-corrected chi connectivity index (χ1v) is 8.84. The number of carbonyl (C=O) groups is 1. The summed E-state index contributed by atoms with van der Waals surface area (Å²) in [5.74, 6) is 0.285. The molecule has 3 aromatic rings. The second-order valence-corrected chi connectivity index (χ2v) is 7.41. The Kier molecular flexibility index (Phi) is 4.66. The maximum absolute atomic E-state index is 12.0. The van der Waals surface area contributed by atoms with Crippen LogP contribution in [-0.2, 0) is 4.79 Å². The van der Waals surface area contributed by atoms with E-state index in [2.05, 4.69) is 10.3 Å². The van der Waals surface area contributed by atoms with E-state index in [1.54, 1.807) is 23.5 Å². The summed E-state index contributed by atoms with van der Waals surface area (Å²) in [6.07, 6.45) is 0. The molecular weight excluding hydrogens is 336 g/mol. The van der Waals surface area contributed by atoms with Gasteiger partial charge in [0.1, 0.15) is 0 Å². The minimum absolute atomic E-state index is 0.0500. The number of thiazole rings is 1. The molecular formula is C16H13ClN2OS2. The lowest BCUT2D eigenvalue weighted by Crippen LogP contribution is -2.13. The number of para-hydroxylation sites is 1. The average Bonchev–Trinajstić information content (AvgIpc) is 2.92. The molecule has 22 heavy (non-hydrogen) atoms. The van der Waals surface area contributed by atoms with E-state index < -0.39 is 0 Å². The van der Waals surface area contributed by atoms with E-state index >= 15 is 0 Å². The number of aromatic nitrogens is 1. The van der Waals surface area contributed by atoms with E-state index in [0.29, 0.717) is 10.8 Å². The quantitative estimate of drug-likeness (QED) is 0.675. The highest BCUT2D eigenvalue weighted by molar-refractivity contribution is 8.01. The molecule has 3 rings (SSSR count). The number of hydrogen-bond donors (Lipinski definition) is 1. The van der Waals surface area contributed by atoms with Crippen LogP contribution in [0.4, 0.5) is 5.69 Å². The number of anilines is 1. The van der Waals surface area contributed by atoms with Crippen molar-refractivity contribution in [3.05, 3.63) is 53.1 Å². The molecule has 0 fully saturated rings. The number of amides is 1. The molecule has 6 heteroatoms. The second kappa shape index (κ2) is 6.69. The van der Waals surface area contributed by atoms with Gasteiger partial charge in [-0.3, -0.25) is 4.79 Å². The Morgan fingerprint density at radius 1 is 1.32 bits per heavy atom.